The number of anilines is 1. The molecule has 0 heterocycles. The summed E-state index contributed by atoms with van der Waals surface area (Å²) in [5.41, 5.74) is 2.59. The molecule has 2 aromatic rings. The number of hydrogen-bond donors (Lipinski definition) is 1. The van der Waals surface area contributed by atoms with Gasteiger partial charge in [-0.3, -0.25) is 0 Å². The lowest BCUT2D eigenvalue weighted by molar-refractivity contribution is 0.414. The van der Waals surface area contributed by atoms with E-state index in [9.17, 15) is 0 Å². The third kappa shape index (κ3) is 3.31. The lowest BCUT2D eigenvalue weighted by Crippen LogP contribution is -2.07. The maximum atomic E-state index is 9.17. The van der Waals surface area contributed by atoms with Crippen molar-refractivity contribution in [3.8, 4) is 11.8 Å². The van der Waals surface area contributed by atoms with E-state index in [0.717, 1.165) is 21.5 Å². The van der Waals surface area contributed by atoms with Crippen LogP contribution in [-0.2, 0) is 0 Å². The summed E-state index contributed by atoms with van der Waals surface area (Å²) in [6, 6.07) is 15.8. The monoisotopic (exact) mass is 330 g/mol. The van der Waals surface area contributed by atoms with Gasteiger partial charge in [-0.05, 0) is 42.8 Å². The summed E-state index contributed by atoms with van der Waals surface area (Å²) in [6.45, 7) is 2.06. The van der Waals surface area contributed by atoms with E-state index in [1.54, 1.807) is 7.11 Å². The molecule has 1 unspecified atom stereocenters. The molecule has 2 rings (SSSR count). The molecule has 0 spiro atoms. The van der Waals surface area contributed by atoms with Crippen LogP contribution in [0, 0.1) is 11.3 Å². The summed E-state index contributed by atoms with van der Waals surface area (Å²) < 4.78 is 6.05. The largest absolute Gasteiger partial charge is 0.497 e. The highest BCUT2D eigenvalue weighted by atomic mass is 79.9. The van der Waals surface area contributed by atoms with Gasteiger partial charge in [0.25, 0.3) is 0 Å². The molecule has 3 nitrogen and oxygen atoms in total. The van der Waals surface area contributed by atoms with Crippen molar-refractivity contribution in [2.45, 2.75) is 13.0 Å². The third-order valence-corrected chi connectivity index (χ3v) is 3.58. The van der Waals surface area contributed by atoms with Gasteiger partial charge in [-0.2, -0.15) is 5.26 Å². The molecule has 2 aromatic carbocycles. The van der Waals surface area contributed by atoms with E-state index >= 15 is 0 Å². The number of rotatable bonds is 4. The zero-order chi connectivity index (χ0) is 14.5. The molecule has 1 atom stereocenters. The second-order valence-corrected chi connectivity index (χ2v) is 5.36. The minimum absolute atomic E-state index is 0.106. The molecule has 0 bridgehead atoms. The normalized spacial score (nSPS) is 11.5. The maximum absolute atomic E-state index is 9.17. The van der Waals surface area contributed by atoms with Crippen LogP contribution in [-0.4, -0.2) is 7.11 Å². The molecule has 0 radical (unpaired) electrons. The summed E-state index contributed by atoms with van der Waals surface area (Å²) in [5.74, 6) is 0.835. The average Bonchev–Trinajstić information content (AvgIpc) is 2.49. The quantitative estimate of drug-likeness (QED) is 0.897. The molecule has 0 amide bonds. The predicted octanol–water partition coefficient (Wildman–Crippen LogP) is 4.50. The van der Waals surface area contributed by atoms with Crippen molar-refractivity contribution >= 4 is 21.6 Å². The molecular weight excluding hydrogens is 316 g/mol. The molecule has 0 fully saturated rings. The number of nitrogens with one attached hydrogen (secondary N) is 1. The van der Waals surface area contributed by atoms with Crippen molar-refractivity contribution < 1.29 is 4.74 Å². The second-order valence-electron chi connectivity index (χ2n) is 4.44. The minimum atomic E-state index is 0.106. The maximum Gasteiger partial charge on any atom is 0.118 e. The first-order chi connectivity index (χ1) is 9.63. The van der Waals surface area contributed by atoms with Gasteiger partial charge < -0.3 is 10.1 Å². The Morgan fingerprint density at radius 3 is 2.50 bits per heavy atom. The van der Waals surface area contributed by atoms with Crippen LogP contribution in [0.15, 0.2) is 46.9 Å². The van der Waals surface area contributed by atoms with E-state index in [0.29, 0.717) is 5.56 Å². The van der Waals surface area contributed by atoms with Crippen molar-refractivity contribution in [3.05, 3.63) is 58.1 Å². The SMILES string of the molecule is COc1ccc(C(C)Nc2ccc(Br)cc2C#N)cc1. The van der Waals surface area contributed by atoms with Crippen LogP contribution in [0.3, 0.4) is 0 Å². The number of halogens is 1. The Bertz CT molecular complexity index is 632. The van der Waals surface area contributed by atoms with Crippen LogP contribution in [0.2, 0.25) is 0 Å². The zero-order valence-corrected chi connectivity index (χ0v) is 12.9. The smallest absolute Gasteiger partial charge is 0.118 e. The van der Waals surface area contributed by atoms with Gasteiger partial charge in [0.05, 0.1) is 18.4 Å². The second kappa shape index (κ2) is 6.44. The van der Waals surface area contributed by atoms with Crippen LogP contribution < -0.4 is 10.1 Å². The molecule has 1 N–H and O–H groups in total. The summed E-state index contributed by atoms with van der Waals surface area (Å²) in [4.78, 5) is 0. The van der Waals surface area contributed by atoms with E-state index in [-0.39, 0.29) is 6.04 Å². The molecule has 0 saturated heterocycles. The summed E-state index contributed by atoms with van der Waals surface area (Å²) in [6.07, 6.45) is 0. The van der Waals surface area contributed by atoms with Crippen LogP contribution in [0.25, 0.3) is 0 Å². The van der Waals surface area contributed by atoms with E-state index in [1.807, 2.05) is 42.5 Å². The van der Waals surface area contributed by atoms with E-state index in [1.165, 1.54) is 0 Å². The van der Waals surface area contributed by atoms with E-state index < -0.39 is 0 Å². The molecule has 20 heavy (non-hydrogen) atoms. The fourth-order valence-electron chi connectivity index (χ4n) is 1.94. The Balaban J connectivity index is 2.18. The summed E-state index contributed by atoms with van der Waals surface area (Å²) in [5, 5.41) is 12.5. The van der Waals surface area contributed by atoms with Crippen molar-refractivity contribution in [1.29, 1.82) is 5.26 Å². The highest BCUT2D eigenvalue weighted by Crippen LogP contribution is 2.25. The molecule has 0 saturated carbocycles. The lowest BCUT2D eigenvalue weighted by Gasteiger charge is -2.17. The Labute approximate surface area is 127 Å². The first-order valence-corrected chi connectivity index (χ1v) is 7.03. The van der Waals surface area contributed by atoms with Gasteiger partial charge in [0, 0.05) is 10.5 Å². The molecule has 0 aromatic heterocycles. The van der Waals surface area contributed by atoms with Gasteiger partial charge in [0.1, 0.15) is 11.8 Å². The predicted molar refractivity (Wildman–Crippen MR) is 83.9 cm³/mol. The summed E-state index contributed by atoms with van der Waals surface area (Å²) in [7, 11) is 1.65. The van der Waals surface area contributed by atoms with Crippen molar-refractivity contribution in [1.82, 2.24) is 0 Å². The third-order valence-electron chi connectivity index (χ3n) is 3.09. The summed E-state index contributed by atoms with van der Waals surface area (Å²) >= 11 is 3.37. The van der Waals surface area contributed by atoms with Crippen LogP contribution in [0.1, 0.15) is 24.1 Å². The number of nitrogens with zero attached hydrogens (tertiary/aromatic N) is 1. The molecule has 0 aliphatic carbocycles. The fraction of sp³-hybridized carbons (Fsp3) is 0.188. The van der Waals surface area contributed by atoms with Crippen molar-refractivity contribution in [2.75, 3.05) is 12.4 Å². The topological polar surface area (TPSA) is 45.0 Å². The number of nitriles is 1. The average molecular weight is 331 g/mol. The number of hydrogen-bond acceptors (Lipinski definition) is 3. The molecular formula is C16H15BrN2O. The molecule has 0 aliphatic rings. The Kier molecular flexibility index (Phi) is 4.65. The van der Waals surface area contributed by atoms with Gasteiger partial charge in [0.15, 0.2) is 0 Å². The number of methoxy groups -OCH3 is 1. The first-order valence-electron chi connectivity index (χ1n) is 6.24. The van der Waals surface area contributed by atoms with E-state index in [2.05, 4.69) is 34.2 Å². The van der Waals surface area contributed by atoms with Gasteiger partial charge in [-0.15, -0.1) is 0 Å². The van der Waals surface area contributed by atoms with Gasteiger partial charge in [-0.25, -0.2) is 0 Å². The minimum Gasteiger partial charge on any atom is -0.497 e. The van der Waals surface area contributed by atoms with Crippen molar-refractivity contribution in [3.63, 3.8) is 0 Å². The van der Waals surface area contributed by atoms with Crippen LogP contribution >= 0.6 is 15.9 Å². The zero-order valence-electron chi connectivity index (χ0n) is 11.4. The van der Waals surface area contributed by atoms with Crippen molar-refractivity contribution in [2.24, 2.45) is 0 Å². The van der Waals surface area contributed by atoms with Gasteiger partial charge in [0.2, 0.25) is 0 Å². The Morgan fingerprint density at radius 1 is 1.20 bits per heavy atom. The lowest BCUT2D eigenvalue weighted by atomic mass is 10.1. The van der Waals surface area contributed by atoms with Crippen LogP contribution in [0.5, 0.6) is 5.75 Å². The molecule has 0 aliphatic heterocycles. The Hall–Kier alpha value is -1.99. The van der Waals surface area contributed by atoms with Gasteiger partial charge >= 0.3 is 0 Å². The number of ether oxygens (including phenoxy) is 1. The highest BCUT2D eigenvalue weighted by Gasteiger charge is 2.09. The standard InChI is InChI=1S/C16H15BrN2O/c1-11(12-3-6-15(20-2)7-4-12)19-16-8-5-14(17)9-13(16)10-18/h3-9,11,19H,1-2H3. The van der Waals surface area contributed by atoms with E-state index in [4.69, 9.17) is 10.00 Å². The molecule has 4 heteroatoms. The van der Waals surface area contributed by atoms with Crippen LogP contribution in [0.4, 0.5) is 5.69 Å². The molecule has 102 valence electrons. The Morgan fingerprint density at radius 2 is 1.90 bits per heavy atom. The fourth-order valence-corrected chi connectivity index (χ4v) is 2.31. The highest BCUT2D eigenvalue weighted by molar-refractivity contribution is 9.10. The first kappa shape index (κ1) is 14.4. The number of benzene rings is 2. The van der Waals surface area contributed by atoms with Gasteiger partial charge in [-0.1, -0.05) is 28.1 Å².